The zero-order valence-electron chi connectivity index (χ0n) is 11.6. The summed E-state index contributed by atoms with van der Waals surface area (Å²) in [5, 5.41) is 10.6. The summed E-state index contributed by atoms with van der Waals surface area (Å²) in [6.45, 7) is 4.43. The summed E-state index contributed by atoms with van der Waals surface area (Å²) in [7, 11) is 0. The Morgan fingerprint density at radius 2 is 1.84 bits per heavy atom. The third-order valence-corrected chi connectivity index (χ3v) is 4.42. The van der Waals surface area contributed by atoms with Gasteiger partial charge >= 0.3 is 0 Å². The van der Waals surface area contributed by atoms with Crippen LogP contribution in [0.1, 0.15) is 45.1 Å². The molecule has 1 fully saturated rings. The van der Waals surface area contributed by atoms with Gasteiger partial charge < -0.3 is 5.11 Å². The molecule has 106 valence electrons. The number of hydrogen-bond acceptors (Lipinski definition) is 1. The smallest absolute Gasteiger partial charge is 0.159 e. The van der Waals surface area contributed by atoms with E-state index in [1.54, 1.807) is 6.07 Å². The molecule has 3 heteroatoms. The number of rotatable bonds is 3. The predicted molar refractivity (Wildman–Crippen MR) is 71.8 cm³/mol. The summed E-state index contributed by atoms with van der Waals surface area (Å²) in [5.41, 5.74) is -0.0836. The normalized spacial score (nSPS) is 27.8. The molecule has 1 saturated carbocycles. The van der Waals surface area contributed by atoms with Crippen LogP contribution >= 0.6 is 0 Å². The monoisotopic (exact) mass is 268 g/mol. The summed E-state index contributed by atoms with van der Waals surface area (Å²) in [5.74, 6) is -0.353. The lowest BCUT2D eigenvalue weighted by molar-refractivity contribution is -0.0146. The van der Waals surface area contributed by atoms with E-state index in [1.807, 2.05) is 0 Å². The fourth-order valence-electron chi connectivity index (χ4n) is 3.05. The second kappa shape index (κ2) is 5.58. The van der Waals surface area contributed by atoms with Crippen LogP contribution in [0.25, 0.3) is 0 Å². The fraction of sp³-hybridized carbons (Fsp3) is 0.625. The molecule has 1 aliphatic rings. The molecule has 19 heavy (non-hydrogen) atoms. The van der Waals surface area contributed by atoms with Gasteiger partial charge in [0.15, 0.2) is 11.6 Å². The Labute approximate surface area is 113 Å². The molecule has 1 aromatic rings. The molecule has 1 aliphatic carbocycles. The first-order valence-corrected chi connectivity index (χ1v) is 7.06. The minimum absolute atomic E-state index is 0.412. The Balaban J connectivity index is 2.00. The van der Waals surface area contributed by atoms with E-state index in [4.69, 9.17) is 0 Å². The maximum absolute atomic E-state index is 13.2. The Bertz CT molecular complexity index is 434. The molecule has 0 bridgehead atoms. The number of halogens is 2. The topological polar surface area (TPSA) is 20.2 Å². The minimum Gasteiger partial charge on any atom is -0.390 e. The van der Waals surface area contributed by atoms with E-state index in [0.717, 1.165) is 31.7 Å². The zero-order chi connectivity index (χ0) is 14.0. The van der Waals surface area contributed by atoms with Crippen LogP contribution in [0.5, 0.6) is 0 Å². The van der Waals surface area contributed by atoms with E-state index in [2.05, 4.69) is 13.8 Å². The number of hydrogen-bond donors (Lipinski definition) is 1. The average Bonchev–Trinajstić information content (AvgIpc) is 2.34. The van der Waals surface area contributed by atoms with Gasteiger partial charge in [-0.15, -0.1) is 0 Å². The Morgan fingerprint density at radius 1 is 1.21 bits per heavy atom. The molecule has 0 aromatic heterocycles. The van der Waals surface area contributed by atoms with Gasteiger partial charge in [0.1, 0.15) is 0 Å². The van der Waals surface area contributed by atoms with Crippen molar-refractivity contribution in [1.82, 2.24) is 0 Å². The van der Waals surface area contributed by atoms with Gasteiger partial charge in [0.2, 0.25) is 0 Å². The lowest BCUT2D eigenvalue weighted by Gasteiger charge is -2.37. The molecule has 0 heterocycles. The van der Waals surface area contributed by atoms with Crippen molar-refractivity contribution in [3.63, 3.8) is 0 Å². The van der Waals surface area contributed by atoms with Crippen LogP contribution in [0.3, 0.4) is 0 Å². The van der Waals surface area contributed by atoms with Gasteiger partial charge in [0.05, 0.1) is 5.60 Å². The second-order valence-electron chi connectivity index (χ2n) is 6.23. The quantitative estimate of drug-likeness (QED) is 0.875. The van der Waals surface area contributed by atoms with Crippen LogP contribution in [0.15, 0.2) is 18.2 Å². The lowest BCUT2D eigenvalue weighted by Crippen LogP contribution is -2.37. The first kappa shape index (κ1) is 14.4. The highest BCUT2D eigenvalue weighted by molar-refractivity contribution is 5.20. The molecule has 2 rings (SSSR count). The van der Waals surface area contributed by atoms with Gasteiger partial charge in [-0.05, 0) is 55.2 Å². The number of aliphatic hydroxyl groups is 1. The van der Waals surface area contributed by atoms with Crippen molar-refractivity contribution in [2.24, 2.45) is 11.8 Å². The highest BCUT2D eigenvalue weighted by Gasteiger charge is 2.34. The van der Waals surface area contributed by atoms with Gasteiger partial charge in [-0.3, -0.25) is 0 Å². The van der Waals surface area contributed by atoms with Crippen molar-refractivity contribution in [3.8, 4) is 0 Å². The fourth-order valence-corrected chi connectivity index (χ4v) is 3.05. The van der Waals surface area contributed by atoms with Crippen molar-refractivity contribution >= 4 is 0 Å². The van der Waals surface area contributed by atoms with Gasteiger partial charge in [0.25, 0.3) is 0 Å². The molecule has 0 unspecified atom stereocenters. The van der Waals surface area contributed by atoms with E-state index in [-0.39, 0.29) is 0 Å². The van der Waals surface area contributed by atoms with Crippen LogP contribution in [0, 0.1) is 23.5 Å². The SMILES string of the molecule is CC(C)C1CCC(O)(Cc2ccc(F)c(F)c2)CC1. The molecular weight excluding hydrogens is 246 g/mol. The highest BCUT2D eigenvalue weighted by Crippen LogP contribution is 2.37. The third-order valence-electron chi connectivity index (χ3n) is 4.42. The van der Waals surface area contributed by atoms with Crippen LogP contribution in [-0.4, -0.2) is 10.7 Å². The van der Waals surface area contributed by atoms with Gasteiger partial charge in [-0.25, -0.2) is 8.78 Å². The van der Waals surface area contributed by atoms with Crippen LogP contribution in [-0.2, 0) is 6.42 Å². The third kappa shape index (κ3) is 3.53. The first-order chi connectivity index (χ1) is 8.89. The maximum Gasteiger partial charge on any atom is 0.159 e. The highest BCUT2D eigenvalue weighted by atomic mass is 19.2. The molecule has 1 aromatic carbocycles. The summed E-state index contributed by atoms with van der Waals surface area (Å²) < 4.78 is 26.0. The summed E-state index contributed by atoms with van der Waals surface area (Å²) in [6.07, 6.45) is 3.92. The predicted octanol–water partition coefficient (Wildman–Crippen LogP) is 4.08. The molecule has 1 N–H and O–H groups in total. The van der Waals surface area contributed by atoms with Gasteiger partial charge in [-0.1, -0.05) is 19.9 Å². The zero-order valence-corrected chi connectivity index (χ0v) is 11.6. The lowest BCUT2D eigenvalue weighted by atomic mass is 9.72. The Kier molecular flexibility index (Phi) is 4.24. The Hall–Kier alpha value is -0.960. The van der Waals surface area contributed by atoms with Crippen molar-refractivity contribution in [2.75, 3.05) is 0 Å². The van der Waals surface area contributed by atoms with Crippen molar-refractivity contribution in [2.45, 2.75) is 51.6 Å². The molecule has 0 aliphatic heterocycles. The first-order valence-electron chi connectivity index (χ1n) is 7.06. The van der Waals surface area contributed by atoms with E-state index in [0.29, 0.717) is 23.8 Å². The second-order valence-corrected chi connectivity index (χ2v) is 6.23. The summed E-state index contributed by atoms with van der Waals surface area (Å²) >= 11 is 0. The average molecular weight is 268 g/mol. The molecule has 0 amide bonds. The molecular formula is C16H22F2O. The summed E-state index contributed by atoms with van der Waals surface area (Å²) in [4.78, 5) is 0. The molecule has 0 saturated heterocycles. The van der Waals surface area contributed by atoms with Crippen LogP contribution < -0.4 is 0 Å². The van der Waals surface area contributed by atoms with Crippen molar-refractivity contribution < 1.29 is 13.9 Å². The van der Waals surface area contributed by atoms with Gasteiger partial charge in [0, 0.05) is 6.42 Å². The minimum atomic E-state index is -0.836. The Morgan fingerprint density at radius 3 is 2.37 bits per heavy atom. The van der Waals surface area contributed by atoms with E-state index < -0.39 is 17.2 Å². The maximum atomic E-state index is 13.2. The van der Waals surface area contributed by atoms with Crippen molar-refractivity contribution in [3.05, 3.63) is 35.4 Å². The van der Waals surface area contributed by atoms with Crippen LogP contribution in [0.2, 0.25) is 0 Å². The molecule has 0 spiro atoms. The van der Waals surface area contributed by atoms with Crippen molar-refractivity contribution in [1.29, 1.82) is 0 Å². The van der Waals surface area contributed by atoms with E-state index in [9.17, 15) is 13.9 Å². The largest absolute Gasteiger partial charge is 0.390 e. The summed E-state index contributed by atoms with van der Waals surface area (Å²) in [6, 6.07) is 3.89. The molecule has 1 nitrogen and oxygen atoms in total. The molecule has 0 radical (unpaired) electrons. The van der Waals surface area contributed by atoms with Crippen LogP contribution in [0.4, 0.5) is 8.78 Å². The van der Waals surface area contributed by atoms with E-state index in [1.165, 1.54) is 6.07 Å². The van der Waals surface area contributed by atoms with E-state index >= 15 is 0 Å². The molecule has 0 atom stereocenters. The van der Waals surface area contributed by atoms with Gasteiger partial charge in [-0.2, -0.15) is 0 Å². The standard InChI is InChI=1S/C16H22F2O/c1-11(2)13-5-7-16(19,8-6-13)10-12-3-4-14(17)15(18)9-12/h3-4,9,11,13,19H,5-8,10H2,1-2H3. The number of benzene rings is 1.